The maximum absolute atomic E-state index is 13.5. The summed E-state index contributed by atoms with van der Waals surface area (Å²) < 4.78 is 66.1. The van der Waals surface area contributed by atoms with E-state index in [4.69, 9.17) is 5.73 Å². The lowest BCUT2D eigenvalue weighted by atomic mass is 10.1. The number of carbonyl (C=O) groups is 1. The number of nitrogen functional groups attached to an aromatic ring is 1. The Labute approximate surface area is 115 Å². The molecule has 0 saturated heterocycles. The molecule has 3 N–H and O–H groups in total. The molecule has 1 amide bonds. The topological polar surface area (TPSA) is 55.1 Å². The predicted molar refractivity (Wildman–Crippen MR) is 65.0 cm³/mol. The van der Waals surface area contributed by atoms with Crippen molar-refractivity contribution in [3.63, 3.8) is 0 Å². The van der Waals surface area contributed by atoms with Gasteiger partial charge in [0.05, 0.1) is 5.69 Å². The van der Waals surface area contributed by atoms with E-state index in [-0.39, 0.29) is 17.8 Å². The highest BCUT2D eigenvalue weighted by atomic mass is 19.2. The summed E-state index contributed by atoms with van der Waals surface area (Å²) in [6.07, 6.45) is 0. The van der Waals surface area contributed by atoms with E-state index >= 15 is 0 Å². The van der Waals surface area contributed by atoms with Crippen molar-refractivity contribution >= 4 is 17.3 Å². The molecule has 0 aromatic heterocycles. The molecule has 0 aliphatic rings. The van der Waals surface area contributed by atoms with Crippen LogP contribution in [0, 0.1) is 29.1 Å². The van der Waals surface area contributed by atoms with Crippen LogP contribution in [0.25, 0.3) is 0 Å². The summed E-state index contributed by atoms with van der Waals surface area (Å²) in [6, 6.07) is 2.25. The second-order valence-corrected chi connectivity index (χ2v) is 4.02. The number of halogens is 5. The molecule has 21 heavy (non-hydrogen) atoms. The van der Waals surface area contributed by atoms with Crippen LogP contribution in [0.4, 0.5) is 33.3 Å². The number of amides is 1. The van der Waals surface area contributed by atoms with E-state index in [1.807, 2.05) is 0 Å². The van der Waals surface area contributed by atoms with E-state index in [0.29, 0.717) is 0 Å². The molecule has 3 nitrogen and oxygen atoms in total. The highest BCUT2D eigenvalue weighted by Gasteiger charge is 2.22. The summed E-state index contributed by atoms with van der Waals surface area (Å²) in [5.74, 6) is -8.41. The molecule has 8 heteroatoms. The first-order chi connectivity index (χ1) is 9.81. The molecule has 0 radical (unpaired) electrons. The van der Waals surface area contributed by atoms with Gasteiger partial charge in [-0.2, -0.15) is 0 Å². The quantitative estimate of drug-likeness (QED) is 0.661. The minimum atomic E-state index is -1.49. The van der Waals surface area contributed by atoms with Crippen LogP contribution in [0.2, 0.25) is 0 Å². The number of nitrogens with two attached hydrogens (primary N) is 1. The second kappa shape index (κ2) is 5.39. The lowest BCUT2D eigenvalue weighted by Gasteiger charge is -2.11. The van der Waals surface area contributed by atoms with Gasteiger partial charge in [-0.05, 0) is 12.1 Å². The first kappa shape index (κ1) is 14.8. The molecule has 2 rings (SSSR count). The van der Waals surface area contributed by atoms with Gasteiger partial charge >= 0.3 is 0 Å². The zero-order valence-corrected chi connectivity index (χ0v) is 10.2. The van der Waals surface area contributed by atoms with Gasteiger partial charge in [0.1, 0.15) is 28.7 Å². The van der Waals surface area contributed by atoms with Crippen molar-refractivity contribution in [2.24, 2.45) is 0 Å². The van der Waals surface area contributed by atoms with Gasteiger partial charge in [-0.1, -0.05) is 0 Å². The van der Waals surface area contributed by atoms with Gasteiger partial charge in [0.2, 0.25) is 0 Å². The third-order valence-corrected chi connectivity index (χ3v) is 2.60. The Kier molecular flexibility index (Phi) is 3.79. The molecular weight excluding hydrogens is 295 g/mol. The molecule has 0 atom stereocenters. The predicted octanol–water partition coefficient (Wildman–Crippen LogP) is 3.22. The first-order valence-corrected chi connectivity index (χ1v) is 5.50. The highest BCUT2D eigenvalue weighted by Crippen LogP contribution is 2.26. The standard InChI is InChI=1S/C13H7F5N2O/c14-5-3-7(16)10(8(17)4-5)13(21)20-12-9(19)2-1-6(15)11(12)18/h1-4H,19H2,(H,20,21). The second-order valence-electron chi connectivity index (χ2n) is 4.02. The molecule has 0 bridgehead atoms. The Morgan fingerprint density at radius 3 is 2.10 bits per heavy atom. The number of carbonyl (C=O) groups excluding carboxylic acids is 1. The highest BCUT2D eigenvalue weighted by molar-refractivity contribution is 6.06. The van der Waals surface area contributed by atoms with E-state index in [1.54, 1.807) is 5.32 Å². The summed E-state index contributed by atoms with van der Waals surface area (Å²) in [4.78, 5) is 11.7. The Balaban J connectivity index is 2.42. The van der Waals surface area contributed by atoms with Gasteiger partial charge in [0.15, 0.2) is 11.6 Å². The number of hydrogen-bond donors (Lipinski definition) is 2. The van der Waals surface area contributed by atoms with Crippen LogP contribution in [0.1, 0.15) is 10.4 Å². The van der Waals surface area contributed by atoms with Crippen molar-refractivity contribution in [2.75, 3.05) is 11.1 Å². The van der Waals surface area contributed by atoms with Crippen molar-refractivity contribution in [3.05, 3.63) is 58.9 Å². The van der Waals surface area contributed by atoms with Crippen molar-refractivity contribution in [1.29, 1.82) is 0 Å². The smallest absolute Gasteiger partial charge is 0.261 e. The van der Waals surface area contributed by atoms with Crippen LogP contribution in [0.3, 0.4) is 0 Å². The van der Waals surface area contributed by atoms with E-state index < -0.39 is 46.2 Å². The molecule has 0 fully saturated rings. The minimum absolute atomic E-state index is 0.281. The van der Waals surface area contributed by atoms with Gasteiger partial charge in [-0.15, -0.1) is 0 Å². The number of rotatable bonds is 2. The monoisotopic (exact) mass is 302 g/mol. The van der Waals surface area contributed by atoms with Crippen molar-refractivity contribution in [1.82, 2.24) is 0 Å². The summed E-state index contributed by atoms with van der Waals surface area (Å²) in [6.45, 7) is 0. The largest absolute Gasteiger partial charge is 0.397 e. The summed E-state index contributed by atoms with van der Waals surface area (Å²) in [5, 5.41) is 1.76. The Morgan fingerprint density at radius 1 is 0.952 bits per heavy atom. The third-order valence-electron chi connectivity index (χ3n) is 2.60. The van der Waals surface area contributed by atoms with Crippen molar-refractivity contribution in [3.8, 4) is 0 Å². The van der Waals surface area contributed by atoms with Gasteiger partial charge in [-0.3, -0.25) is 4.79 Å². The van der Waals surface area contributed by atoms with E-state index in [0.717, 1.165) is 12.1 Å². The SMILES string of the molecule is Nc1ccc(F)c(F)c1NC(=O)c1c(F)cc(F)cc1F. The number of hydrogen-bond acceptors (Lipinski definition) is 2. The molecular formula is C13H7F5N2O. The van der Waals surface area contributed by atoms with Crippen LogP contribution in [0.15, 0.2) is 24.3 Å². The fourth-order valence-electron chi connectivity index (χ4n) is 1.63. The minimum Gasteiger partial charge on any atom is -0.397 e. The maximum atomic E-state index is 13.5. The first-order valence-electron chi connectivity index (χ1n) is 5.50. The van der Waals surface area contributed by atoms with Crippen LogP contribution in [-0.4, -0.2) is 5.91 Å². The zero-order chi connectivity index (χ0) is 15.7. The maximum Gasteiger partial charge on any atom is 0.261 e. The molecule has 0 aliphatic carbocycles. The molecule has 2 aromatic rings. The lowest BCUT2D eigenvalue weighted by Crippen LogP contribution is -2.18. The average Bonchev–Trinajstić information content (AvgIpc) is 2.38. The van der Waals surface area contributed by atoms with Crippen LogP contribution in [-0.2, 0) is 0 Å². The Hall–Kier alpha value is -2.64. The van der Waals surface area contributed by atoms with Crippen LogP contribution >= 0.6 is 0 Å². The van der Waals surface area contributed by atoms with Crippen molar-refractivity contribution in [2.45, 2.75) is 0 Å². The van der Waals surface area contributed by atoms with E-state index in [1.165, 1.54) is 0 Å². The molecule has 0 aliphatic heterocycles. The molecule has 2 aromatic carbocycles. The summed E-state index contributed by atoms with van der Waals surface area (Å²) in [7, 11) is 0. The van der Waals surface area contributed by atoms with E-state index in [9.17, 15) is 26.7 Å². The third kappa shape index (κ3) is 2.78. The van der Waals surface area contributed by atoms with Crippen molar-refractivity contribution < 1.29 is 26.7 Å². The van der Waals surface area contributed by atoms with E-state index in [2.05, 4.69) is 0 Å². The Morgan fingerprint density at radius 2 is 1.52 bits per heavy atom. The number of benzene rings is 2. The molecule has 0 saturated carbocycles. The fraction of sp³-hybridized carbons (Fsp3) is 0. The zero-order valence-electron chi connectivity index (χ0n) is 10.2. The number of anilines is 2. The van der Waals surface area contributed by atoms with Gasteiger partial charge in [-0.25, -0.2) is 22.0 Å². The van der Waals surface area contributed by atoms with Gasteiger partial charge in [0, 0.05) is 12.1 Å². The van der Waals surface area contributed by atoms with Gasteiger partial charge in [0.25, 0.3) is 5.91 Å². The Bertz CT molecular complexity index is 710. The van der Waals surface area contributed by atoms with Gasteiger partial charge < -0.3 is 11.1 Å². The van der Waals surface area contributed by atoms with Crippen LogP contribution in [0.5, 0.6) is 0 Å². The van der Waals surface area contributed by atoms with Crippen LogP contribution < -0.4 is 11.1 Å². The number of nitrogens with one attached hydrogen (secondary N) is 1. The summed E-state index contributed by atoms with van der Waals surface area (Å²) >= 11 is 0. The average molecular weight is 302 g/mol. The lowest BCUT2D eigenvalue weighted by molar-refractivity contribution is 0.101. The molecule has 110 valence electrons. The molecule has 0 heterocycles. The normalized spacial score (nSPS) is 10.5. The molecule has 0 unspecified atom stereocenters. The fourth-order valence-corrected chi connectivity index (χ4v) is 1.63. The summed E-state index contributed by atoms with van der Waals surface area (Å²) in [5.41, 5.74) is 3.11. The molecule has 0 spiro atoms.